The smallest absolute Gasteiger partial charge is 0.308 e. The van der Waals surface area contributed by atoms with E-state index in [-0.39, 0.29) is 11.8 Å². The maximum absolute atomic E-state index is 10.8. The molecule has 1 N–H and O–H groups in total. The second-order valence-electron chi connectivity index (χ2n) is 4.07. The molecule has 0 aromatic carbocycles. The van der Waals surface area contributed by atoms with E-state index < -0.39 is 5.97 Å². The highest BCUT2D eigenvalue weighted by molar-refractivity contribution is 6.25. The maximum Gasteiger partial charge on any atom is 0.308 e. The molecule has 0 aliphatic carbocycles. The van der Waals surface area contributed by atoms with Gasteiger partial charge in [-0.05, 0) is 18.4 Å². The molecule has 14 heavy (non-hydrogen) atoms. The van der Waals surface area contributed by atoms with Crippen LogP contribution in [-0.2, 0) is 4.79 Å². The summed E-state index contributed by atoms with van der Waals surface area (Å²) in [6.07, 6.45) is 0. The fourth-order valence-corrected chi connectivity index (χ4v) is 1.97. The highest BCUT2D eigenvalue weighted by Gasteiger charge is 2.34. The molecule has 0 radical (unpaired) electrons. The standard InChI is InChI=1S/C10H16ClNO2/c1-7(3-11)4-12-5-8(2)9(6-12)10(13)14/h3,8-9H,4-6H2,1-2H3,(H,13,14)/t8-,9-/m1/s1. The van der Waals surface area contributed by atoms with Gasteiger partial charge < -0.3 is 5.11 Å². The van der Waals surface area contributed by atoms with Crippen molar-refractivity contribution in [2.75, 3.05) is 19.6 Å². The predicted molar refractivity (Wildman–Crippen MR) is 56.3 cm³/mol. The van der Waals surface area contributed by atoms with Crippen LogP contribution in [0.2, 0.25) is 0 Å². The zero-order chi connectivity index (χ0) is 10.7. The highest BCUT2D eigenvalue weighted by Crippen LogP contribution is 2.23. The molecule has 1 fully saturated rings. The van der Waals surface area contributed by atoms with Gasteiger partial charge >= 0.3 is 5.97 Å². The molecule has 1 heterocycles. The van der Waals surface area contributed by atoms with E-state index in [0.29, 0.717) is 6.54 Å². The third-order valence-electron chi connectivity index (χ3n) is 2.66. The third kappa shape index (κ3) is 2.72. The van der Waals surface area contributed by atoms with Crippen LogP contribution in [0.15, 0.2) is 11.1 Å². The van der Waals surface area contributed by atoms with Crippen molar-refractivity contribution in [2.45, 2.75) is 13.8 Å². The fraction of sp³-hybridized carbons (Fsp3) is 0.700. The molecule has 4 heteroatoms. The molecule has 0 aromatic rings. The van der Waals surface area contributed by atoms with Gasteiger partial charge in [0.25, 0.3) is 0 Å². The van der Waals surface area contributed by atoms with Gasteiger partial charge in [-0.2, -0.15) is 0 Å². The summed E-state index contributed by atoms with van der Waals surface area (Å²) in [4.78, 5) is 13.0. The van der Waals surface area contributed by atoms with Gasteiger partial charge in [-0.25, -0.2) is 0 Å². The van der Waals surface area contributed by atoms with Crippen LogP contribution in [0.5, 0.6) is 0 Å². The molecule has 1 aliphatic rings. The third-order valence-corrected chi connectivity index (χ3v) is 3.04. The lowest BCUT2D eigenvalue weighted by Crippen LogP contribution is -2.24. The Morgan fingerprint density at radius 1 is 1.64 bits per heavy atom. The minimum absolute atomic E-state index is 0.224. The first-order valence-corrected chi connectivity index (χ1v) is 5.19. The summed E-state index contributed by atoms with van der Waals surface area (Å²) >= 11 is 5.56. The Hall–Kier alpha value is -0.540. The molecular formula is C10H16ClNO2. The molecule has 0 saturated carbocycles. The number of likely N-dealkylation sites (tertiary alicyclic amines) is 1. The Morgan fingerprint density at radius 2 is 2.29 bits per heavy atom. The van der Waals surface area contributed by atoms with Gasteiger partial charge in [0.15, 0.2) is 0 Å². The summed E-state index contributed by atoms with van der Waals surface area (Å²) < 4.78 is 0. The number of carboxylic acids is 1. The van der Waals surface area contributed by atoms with E-state index in [4.69, 9.17) is 16.7 Å². The van der Waals surface area contributed by atoms with Gasteiger partial charge in [0.1, 0.15) is 0 Å². The number of halogens is 1. The number of aliphatic carboxylic acids is 1. The monoisotopic (exact) mass is 217 g/mol. The van der Waals surface area contributed by atoms with Gasteiger partial charge in [0.05, 0.1) is 5.92 Å². The van der Waals surface area contributed by atoms with Crippen molar-refractivity contribution in [1.82, 2.24) is 4.90 Å². The SMILES string of the molecule is CC(=CCl)CN1C[C@@H](C)[C@H](C(=O)O)C1. The molecule has 80 valence electrons. The molecule has 0 bridgehead atoms. The molecule has 0 unspecified atom stereocenters. The van der Waals surface area contributed by atoms with E-state index >= 15 is 0 Å². The fourth-order valence-electron chi connectivity index (χ4n) is 1.90. The van der Waals surface area contributed by atoms with Crippen molar-refractivity contribution in [2.24, 2.45) is 11.8 Å². The van der Waals surface area contributed by atoms with Crippen molar-refractivity contribution in [3.8, 4) is 0 Å². The number of hydrogen-bond acceptors (Lipinski definition) is 2. The summed E-state index contributed by atoms with van der Waals surface area (Å²) in [7, 11) is 0. The first kappa shape index (κ1) is 11.5. The quantitative estimate of drug-likeness (QED) is 0.784. The Kier molecular flexibility index (Phi) is 3.96. The van der Waals surface area contributed by atoms with Crippen LogP contribution in [-0.4, -0.2) is 35.6 Å². The molecule has 1 rings (SSSR count). The number of nitrogens with zero attached hydrogens (tertiary/aromatic N) is 1. The minimum atomic E-state index is -0.687. The van der Waals surface area contributed by atoms with Crippen molar-refractivity contribution in [3.05, 3.63) is 11.1 Å². The summed E-state index contributed by atoms with van der Waals surface area (Å²) in [6.45, 7) is 6.19. The second kappa shape index (κ2) is 4.80. The van der Waals surface area contributed by atoms with Crippen LogP contribution in [0.1, 0.15) is 13.8 Å². The summed E-state index contributed by atoms with van der Waals surface area (Å²) in [6, 6.07) is 0. The van der Waals surface area contributed by atoms with Crippen LogP contribution in [0, 0.1) is 11.8 Å². The first-order valence-electron chi connectivity index (χ1n) is 4.75. The topological polar surface area (TPSA) is 40.5 Å². The van der Waals surface area contributed by atoms with Crippen molar-refractivity contribution in [3.63, 3.8) is 0 Å². The van der Waals surface area contributed by atoms with Gasteiger partial charge in [0.2, 0.25) is 0 Å². The van der Waals surface area contributed by atoms with Gasteiger partial charge in [-0.15, -0.1) is 0 Å². The number of carbonyl (C=O) groups is 1. The Bertz CT molecular complexity index is 253. The molecular weight excluding hydrogens is 202 g/mol. The summed E-state index contributed by atoms with van der Waals surface area (Å²) in [5, 5.41) is 8.93. The van der Waals surface area contributed by atoms with Crippen molar-refractivity contribution in [1.29, 1.82) is 0 Å². The van der Waals surface area contributed by atoms with Crippen molar-refractivity contribution < 1.29 is 9.90 Å². The molecule has 3 nitrogen and oxygen atoms in total. The van der Waals surface area contributed by atoms with E-state index in [9.17, 15) is 4.79 Å². The molecule has 1 aliphatic heterocycles. The Morgan fingerprint density at radius 3 is 2.71 bits per heavy atom. The van der Waals surface area contributed by atoms with Crippen LogP contribution in [0.3, 0.4) is 0 Å². The van der Waals surface area contributed by atoms with Crippen LogP contribution in [0.4, 0.5) is 0 Å². The average molecular weight is 218 g/mol. The maximum atomic E-state index is 10.8. The van der Waals surface area contributed by atoms with E-state index in [2.05, 4.69) is 4.90 Å². The lowest BCUT2D eigenvalue weighted by Gasteiger charge is -2.14. The van der Waals surface area contributed by atoms with Gasteiger partial charge in [-0.3, -0.25) is 9.69 Å². The summed E-state index contributed by atoms with van der Waals surface area (Å²) in [5.41, 5.74) is 2.63. The van der Waals surface area contributed by atoms with Crippen molar-refractivity contribution >= 4 is 17.6 Å². The van der Waals surface area contributed by atoms with Gasteiger partial charge in [0, 0.05) is 25.2 Å². The molecule has 0 aromatic heterocycles. The largest absolute Gasteiger partial charge is 0.481 e. The zero-order valence-corrected chi connectivity index (χ0v) is 9.29. The Labute approximate surface area is 89.3 Å². The number of rotatable bonds is 3. The van der Waals surface area contributed by atoms with E-state index in [1.807, 2.05) is 13.8 Å². The predicted octanol–water partition coefficient (Wildman–Crippen LogP) is 1.78. The lowest BCUT2D eigenvalue weighted by atomic mass is 9.99. The highest BCUT2D eigenvalue weighted by atomic mass is 35.5. The van der Waals surface area contributed by atoms with E-state index in [1.54, 1.807) is 5.54 Å². The number of carboxylic acid groups (broad SMARTS) is 1. The minimum Gasteiger partial charge on any atom is -0.481 e. The molecule has 1 saturated heterocycles. The van der Waals surface area contributed by atoms with Crippen LogP contribution < -0.4 is 0 Å². The first-order chi connectivity index (χ1) is 6.54. The number of hydrogen-bond donors (Lipinski definition) is 1. The molecule has 0 amide bonds. The van der Waals surface area contributed by atoms with Crippen LogP contribution >= 0.6 is 11.6 Å². The molecule has 0 spiro atoms. The average Bonchev–Trinajstić information content (AvgIpc) is 2.46. The zero-order valence-electron chi connectivity index (χ0n) is 8.53. The van der Waals surface area contributed by atoms with E-state index in [0.717, 1.165) is 18.7 Å². The summed E-state index contributed by atoms with van der Waals surface area (Å²) in [5.74, 6) is -0.679. The molecule has 2 atom stereocenters. The van der Waals surface area contributed by atoms with E-state index in [1.165, 1.54) is 0 Å². The second-order valence-corrected chi connectivity index (χ2v) is 4.29. The van der Waals surface area contributed by atoms with Crippen LogP contribution in [0.25, 0.3) is 0 Å². The Balaban J connectivity index is 2.51. The van der Waals surface area contributed by atoms with Gasteiger partial charge in [-0.1, -0.05) is 18.5 Å². The normalized spacial score (nSPS) is 29.5. The lowest BCUT2D eigenvalue weighted by molar-refractivity contribution is -0.142.